The number of fused-ring (bicyclic) bond motifs is 1. The first-order valence-electron chi connectivity index (χ1n) is 20.2. The topological polar surface area (TPSA) is 151 Å². The Hall–Kier alpha value is -2.56. The van der Waals surface area contributed by atoms with Crippen LogP contribution in [-0.2, 0) is 20.7 Å². The molecule has 2 aliphatic heterocycles. The van der Waals surface area contributed by atoms with Gasteiger partial charge in [-0.15, -0.1) is 0 Å². The molecule has 1 aromatic rings. The molecule has 0 aromatic heterocycles. The van der Waals surface area contributed by atoms with Crippen LogP contribution in [0.25, 0.3) is 0 Å². The van der Waals surface area contributed by atoms with Gasteiger partial charge < -0.3 is 35.2 Å². The van der Waals surface area contributed by atoms with Gasteiger partial charge in [-0.25, -0.2) is 0 Å². The van der Waals surface area contributed by atoms with Gasteiger partial charge in [0.1, 0.15) is 17.5 Å². The number of allylic oxidation sites excluding steroid dienone is 2. The second kappa shape index (κ2) is 11.5. The lowest BCUT2D eigenvalue weighted by Gasteiger charge is -2.68. The van der Waals surface area contributed by atoms with Gasteiger partial charge in [0, 0.05) is 47.4 Å². The van der Waals surface area contributed by atoms with Crippen LogP contribution in [0.5, 0.6) is 5.75 Å². The molecule has 5 N–H and O–H groups in total. The molecule has 1 amide bonds. The molecule has 9 heteroatoms. The molecule has 0 unspecified atom stereocenters. The number of aliphatic hydroxyl groups excluding tert-OH is 2. The zero-order chi connectivity index (χ0) is 36.7. The lowest BCUT2D eigenvalue weighted by Crippen LogP contribution is -2.69. The number of phenols is 1. The number of nitrogens with zero attached hydrogens (tertiary/aromatic N) is 1. The molecule has 4 saturated carbocycles. The van der Waals surface area contributed by atoms with Crippen molar-refractivity contribution >= 4 is 17.4 Å². The molecule has 9 nitrogen and oxygen atoms in total. The maximum atomic E-state index is 14.3. The van der Waals surface area contributed by atoms with Crippen LogP contribution in [0, 0.1) is 51.8 Å². The highest BCUT2D eigenvalue weighted by atomic mass is 16.6. The molecule has 282 valence electrons. The number of hydrogen-bond donors (Lipinski definition) is 5. The number of phenolic OH excluding ortho intramolecular Hbond substituents is 1. The molecule has 8 aliphatic rings. The minimum absolute atomic E-state index is 0.0460. The van der Waals surface area contributed by atoms with Crippen LogP contribution in [0.3, 0.4) is 0 Å². The van der Waals surface area contributed by atoms with Gasteiger partial charge in [-0.3, -0.25) is 9.59 Å². The van der Waals surface area contributed by atoms with Crippen LogP contribution in [0.2, 0.25) is 0 Å². The smallest absolute Gasteiger partial charge is 0.227 e. The largest absolute Gasteiger partial charge is 0.508 e. The Balaban J connectivity index is 1.18. The Morgan fingerprint density at radius 1 is 1.06 bits per heavy atom. The van der Waals surface area contributed by atoms with E-state index in [1.165, 1.54) is 0 Å². The van der Waals surface area contributed by atoms with Gasteiger partial charge in [0.2, 0.25) is 5.91 Å². The number of carbonyl (C=O) groups is 2. The van der Waals surface area contributed by atoms with E-state index >= 15 is 0 Å². The third-order valence-electron chi connectivity index (χ3n) is 16.9. The second-order valence-electron chi connectivity index (χ2n) is 18.9. The Morgan fingerprint density at radius 2 is 1.85 bits per heavy atom. The van der Waals surface area contributed by atoms with Gasteiger partial charge in [-0.05, 0) is 123 Å². The molecule has 2 heterocycles. The number of hydrogen-bond acceptors (Lipinski definition) is 8. The van der Waals surface area contributed by atoms with Crippen molar-refractivity contribution in [2.45, 2.75) is 134 Å². The van der Waals surface area contributed by atoms with Crippen molar-refractivity contribution < 1.29 is 39.9 Å². The van der Waals surface area contributed by atoms with E-state index in [9.17, 15) is 35.1 Å². The summed E-state index contributed by atoms with van der Waals surface area (Å²) in [6.07, 6.45) is 9.80. The van der Waals surface area contributed by atoms with Gasteiger partial charge in [-0.2, -0.15) is 0 Å². The Kier molecular flexibility index (Phi) is 7.76. The number of aromatic hydroxyl groups is 1. The number of benzene rings is 1. The molecule has 1 aromatic carbocycles. The first-order valence-corrected chi connectivity index (χ1v) is 20.2. The van der Waals surface area contributed by atoms with Crippen LogP contribution in [0.15, 0.2) is 42.0 Å². The summed E-state index contributed by atoms with van der Waals surface area (Å²) in [7, 11) is 0. The molecule has 6 aliphatic carbocycles. The zero-order valence-electron chi connectivity index (χ0n) is 31.1. The molecule has 14 atom stereocenters. The summed E-state index contributed by atoms with van der Waals surface area (Å²) in [5, 5.41) is 60.2. The fourth-order valence-electron chi connectivity index (χ4n) is 14.1. The molecule has 2 saturated heterocycles. The van der Waals surface area contributed by atoms with E-state index in [-0.39, 0.29) is 59.7 Å². The van der Waals surface area contributed by atoms with Crippen LogP contribution in [0.4, 0.5) is 5.69 Å². The van der Waals surface area contributed by atoms with Gasteiger partial charge in [-0.1, -0.05) is 39.8 Å². The van der Waals surface area contributed by atoms with Crippen LogP contribution in [0.1, 0.15) is 97.5 Å². The average Bonchev–Trinajstić information content (AvgIpc) is 3.60. The fourth-order valence-corrected chi connectivity index (χ4v) is 14.1. The highest BCUT2D eigenvalue weighted by Crippen LogP contribution is 2.80. The number of epoxide rings is 1. The van der Waals surface area contributed by atoms with E-state index in [2.05, 4.69) is 39.8 Å². The summed E-state index contributed by atoms with van der Waals surface area (Å²) in [6, 6.07) is 5.38. The van der Waals surface area contributed by atoms with Gasteiger partial charge >= 0.3 is 0 Å². The van der Waals surface area contributed by atoms with Crippen molar-refractivity contribution in [2.24, 2.45) is 51.8 Å². The van der Waals surface area contributed by atoms with E-state index in [1.807, 2.05) is 6.07 Å². The molecular formula is C43H57NO8. The summed E-state index contributed by atoms with van der Waals surface area (Å²) < 4.78 is 6.43. The number of amides is 1. The predicted octanol–water partition coefficient (Wildman–Crippen LogP) is 5.00. The number of ether oxygens (including phenoxy) is 1. The van der Waals surface area contributed by atoms with Crippen molar-refractivity contribution in [1.82, 2.24) is 0 Å². The lowest BCUT2D eigenvalue weighted by atomic mass is 9.37. The highest BCUT2D eigenvalue weighted by Gasteiger charge is 2.80. The quantitative estimate of drug-likeness (QED) is 0.196. The molecule has 0 radical (unpaired) electrons. The minimum Gasteiger partial charge on any atom is -0.508 e. The summed E-state index contributed by atoms with van der Waals surface area (Å²) in [5.74, 6) is -0.455. The predicted molar refractivity (Wildman–Crippen MR) is 194 cm³/mol. The third-order valence-corrected chi connectivity index (χ3v) is 16.9. The van der Waals surface area contributed by atoms with Crippen LogP contribution >= 0.6 is 0 Å². The average molecular weight is 716 g/mol. The van der Waals surface area contributed by atoms with Crippen LogP contribution < -0.4 is 4.90 Å². The van der Waals surface area contributed by atoms with E-state index in [4.69, 9.17) is 4.74 Å². The van der Waals surface area contributed by atoms with Crippen molar-refractivity contribution in [3.05, 3.63) is 47.6 Å². The molecule has 9 rings (SSSR count). The number of rotatable bonds is 7. The van der Waals surface area contributed by atoms with E-state index < -0.39 is 45.6 Å². The van der Waals surface area contributed by atoms with Crippen molar-refractivity contribution in [2.75, 3.05) is 11.4 Å². The summed E-state index contributed by atoms with van der Waals surface area (Å²) in [4.78, 5) is 28.8. The standard InChI is InChI=1S/C43H57NO8/c1-23(2)24(3)37-38(52-37)42(50)12-5-7-26-22-40-13-10-29-36(49)32(47)20-30(39(29,40)4)31(46)21-34(40)43(51)15-11-33(42)41(26,43)14-9-25-17-27(19-28(45)18-25)44-16-6-8-35(44)48/h5,7,17-19,21,23-24,26,29-30,32-33,36-38,45,47,49-51H,6,8-16,20,22H2,1-4H3/t24-,26-,29-,30+,32-,33+,36+,37+,38-,39+,40+,41-,42-,43-/m1/s1. The lowest BCUT2D eigenvalue weighted by molar-refractivity contribution is -0.205. The molecule has 0 bridgehead atoms. The minimum atomic E-state index is -1.42. The third kappa shape index (κ3) is 4.35. The Bertz CT molecular complexity index is 1760. The van der Waals surface area contributed by atoms with E-state index in [0.29, 0.717) is 69.5 Å². The maximum Gasteiger partial charge on any atom is 0.227 e. The number of carbonyl (C=O) groups excluding carboxylic acids is 2. The molecular weight excluding hydrogens is 658 g/mol. The number of aryl methyl sites for hydroxylation is 1. The summed E-state index contributed by atoms with van der Waals surface area (Å²) in [5.41, 5.74) is -2.33. The van der Waals surface area contributed by atoms with Crippen molar-refractivity contribution in [3.63, 3.8) is 0 Å². The Morgan fingerprint density at radius 3 is 2.58 bits per heavy atom. The normalized spacial score (nSPS) is 47.9. The molecule has 52 heavy (non-hydrogen) atoms. The second-order valence-corrected chi connectivity index (χ2v) is 18.9. The van der Waals surface area contributed by atoms with E-state index in [1.54, 1.807) is 23.1 Å². The van der Waals surface area contributed by atoms with Gasteiger partial charge in [0.05, 0.1) is 23.9 Å². The molecule has 1 spiro atoms. The first kappa shape index (κ1) is 35.2. The van der Waals surface area contributed by atoms with Gasteiger partial charge in [0.25, 0.3) is 0 Å². The van der Waals surface area contributed by atoms with Crippen molar-refractivity contribution in [1.29, 1.82) is 0 Å². The van der Waals surface area contributed by atoms with Crippen LogP contribution in [-0.4, -0.2) is 79.4 Å². The summed E-state index contributed by atoms with van der Waals surface area (Å²) >= 11 is 0. The van der Waals surface area contributed by atoms with E-state index in [0.717, 1.165) is 24.0 Å². The Labute approximate surface area is 307 Å². The zero-order valence-corrected chi connectivity index (χ0v) is 31.1. The molecule has 6 fully saturated rings. The number of ketones is 1. The number of anilines is 1. The number of aliphatic hydroxyl groups is 4. The summed E-state index contributed by atoms with van der Waals surface area (Å²) in [6.45, 7) is 9.32. The fraction of sp³-hybridized carbons (Fsp3) is 0.721. The highest BCUT2D eigenvalue weighted by molar-refractivity contribution is 5.96. The van der Waals surface area contributed by atoms with Gasteiger partial charge in [0.15, 0.2) is 5.78 Å². The SMILES string of the molecule is CC(C)[C@@H](C)[C@@H]1O[C@H]1[C@@]1(O)CC=C[C@@H]2C[C@@]34CC[C@@H]5[C@H](O)[C@H](O)C[C@@H](C(=O)C=C3[C@]3(O)CC[C@H]1[C@@]23CCc1cc(O)cc(N2CCCC2=O)c1)[C@]54C. The van der Waals surface area contributed by atoms with Crippen molar-refractivity contribution in [3.8, 4) is 5.75 Å². The maximum absolute atomic E-state index is 14.3. The monoisotopic (exact) mass is 715 g/mol. The first-order chi connectivity index (χ1) is 24.6.